The molecule has 0 saturated carbocycles. The van der Waals surface area contributed by atoms with Crippen LogP contribution in [0.2, 0.25) is 5.15 Å². The number of rotatable bonds is 3. The first kappa shape index (κ1) is 12.6. The number of carbonyl (C=O) groups is 1. The van der Waals surface area contributed by atoms with Crippen LogP contribution in [-0.4, -0.2) is 17.6 Å². The average molecular weight is 262 g/mol. The molecule has 2 aromatic rings. The Morgan fingerprint density at radius 1 is 1.28 bits per heavy atom. The fraction of sp³-hybridized carbons (Fsp3) is 0.143. The molecule has 0 aliphatic carbocycles. The van der Waals surface area contributed by atoms with Crippen LogP contribution in [0.15, 0.2) is 42.6 Å². The molecule has 0 radical (unpaired) electrons. The molecule has 4 heteroatoms. The fourth-order valence-electron chi connectivity index (χ4n) is 1.69. The lowest BCUT2D eigenvalue weighted by atomic mass is 10.0. The van der Waals surface area contributed by atoms with E-state index in [1.54, 1.807) is 19.2 Å². The van der Waals surface area contributed by atoms with Gasteiger partial charge in [0.2, 0.25) is 0 Å². The lowest BCUT2D eigenvalue weighted by Crippen LogP contribution is -2.08. The van der Waals surface area contributed by atoms with Crippen molar-refractivity contribution in [2.45, 2.75) is 6.92 Å². The Morgan fingerprint density at radius 3 is 2.67 bits per heavy atom. The predicted octanol–water partition coefficient (Wildman–Crippen LogP) is 3.58. The van der Waals surface area contributed by atoms with Gasteiger partial charge in [-0.15, -0.1) is 0 Å². The highest BCUT2D eigenvalue weighted by Crippen LogP contribution is 2.28. The first-order chi connectivity index (χ1) is 8.74. The van der Waals surface area contributed by atoms with Gasteiger partial charge in [0.25, 0.3) is 0 Å². The summed E-state index contributed by atoms with van der Waals surface area (Å²) in [5.74, 6) is -0.450. The van der Waals surface area contributed by atoms with Crippen LogP contribution in [0.5, 0.6) is 0 Å². The van der Waals surface area contributed by atoms with Gasteiger partial charge in [-0.05, 0) is 18.6 Å². The molecule has 0 aliphatic rings. The number of hydrogen-bond acceptors (Lipinski definition) is 3. The highest BCUT2D eigenvalue weighted by atomic mass is 35.5. The van der Waals surface area contributed by atoms with Crippen molar-refractivity contribution in [3.63, 3.8) is 0 Å². The summed E-state index contributed by atoms with van der Waals surface area (Å²) in [5.41, 5.74) is 1.95. The van der Waals surface area contributed by atoms with Gasteiger partial charge in [0.1, 0.15) is 10.7 Å². The predicted molar refractivity (Wildman–Crippen MR) is 70.6 cm³/mol. The Morgan fingerprint density at radius 2 is 2.00 bits per heavy atom. The normalized spacial score (nSPS) is 10.1. The van der Waals surface area contributed by atoms with Gasteiger partial charge < -0.3 is 4.74 Å². The number of carbonyl (C=O) groups excluding carboxylic acids is 1. The summed E-state index contributed by atoms with van der Waals surface area (Å²) >= 11 is 6.00. The molecule has 0 unspecified atom stereocenters. The SMILES string of the molecule is CCOC(=O)c1c(-c2ccccc2)ccnc1Cl. The van der Waals surface area contributed by atoms with Crippen LogP contribution in [0.1, 0.15) is 17.3 Å². The van der Waals surface area contributed by atoms with Crippen LogP contribution in [0, 0.1) is 0 Å². The molecule has 0 spiro atoms. The minimum atomic E-state index is -0.450. The van der Waals surface area contributed by atoms with Crippen molar-refractivity contribution in [2.24, 2.45) is 0 Å². The quantitative estimate of drug-likeness (QED) is 0.626. The molecule has 2 rings (SSSR count). The van der Waals surface area contributed by atoms with E-state index in [9.17, 15) is 4.79 Å². The summed E-state index contributed by atoms with van der Waals surface area (Å²) in [6.45, 7) is 2.06. The van der Waals surface area contributed by atoms with Crippen molar-refractivity contribution in [2.75, 3.05) is 6.61 Å². The van der Waals surface area contributed by atoms with Gasteiger partial charge in [-0.3, -0.25) is 0 Å². The number of nitrogens with zero attached hydrogens (tertiary/aromatic N) is 1. The van der Waals surface area contributed by atoms with Crippen molar-refractivity contribution in [1.82, 2.24) is 4.98 Å². The van der Waals surface area contributed by atoms with Crippen LogP contribution >= 0.6 is 11.6 Å². The second-order valence-corrected chi connectivity index (χ2v) is 3.97. The maximum atomic E-state index is 11.9. The van der Waals surface area contributed by atoms with Crippen molar-refractivity contribution in [3.8, 4) is 11.1 Å². The largest absolute Gasteiger partial charge is 0.462 e. The number of esters is 1. The number of aromatic nitrogens is 1. The maximum Gasteiger partial charge on any atom is 0.341 e. The Hall–Kier alpha value is -1.87. The highest BCUT2D eigenvalue weighted by Gasteiger charge is 2.18. The zero-order valence-electron chi connectivity index (χ0n) is 9.89. The van der Waals surface area contributed by atoms with E-state index >= 15 is 0 Å². The molecule has 3 nitrogen and oxygen atoms in total. The number of halogens is 1. The zero-order valence-corrected chi connectivity index (χ0v) is 10.6. The van der Waals surface area contributed by atoms with E-state index in [-0.39, 0.29) is 5.15 Å². The topological polar surface area (TPSA) is 39.2 Å². The summed E-state index contributed by atoms with van der Waals surface area (Å²) in [4.78, 5) is 15.8. The summed E-state index contributed by atoms with van der Waals surface area (Å²) < 4.78 is 5.01. The second kappa shape index (κ2) is 5.65. The summed E-state index contributed by atoms with van der Waals surface area (Å²) in [5, 5.41) is 0.162. The van der Waals surface area contributed by atoms with Gasteiger partial charge in [0.05, 0.1) is 6.61 Å². The molecular formula is C14H12ClNO2. The standard InChI is InChI=1S/C14H12ClNO2/c1-2-18-14(17)12-11(8-9-16-13(12)15)10-6-4-3-5-7-10/h3-9H,2H2,1H3. The Bertz CT molecular complexity index is 555. The zero-order chi connectivity index (χ0) is 13.0. The fourth-order valence-corrected chi connectivity index (χ4v) is 1.93. The Kier molecular flexibility index (Phi) is 3.95. The number of pyridine rings is 1. The van der Waals surface area contributed by atoms with Gasteiger partial charge >= 0.3 is 5.97 Å². The first-order valence-electron chi connectivity index (χ1n) is 5.61. The lowest BCUT2D eigenvalue weighted by Gasteiger charge is -2.09. The highest BCUT2D eigenvalue weighted by molar-refractivity contribution is 6.33. The van der Waals surface area contributed by atoms with Crippen LogP contribution in [0.4, 0.5) is 0 Å². The molecular weight excluding hydrogens is 250 g/mol. The third-order valence-electron chi connectivity index (χ3n) is 2.47. The minimum Gasteiger partial charge on any atom is -0.462 e. The first-order valence-corrected chi connectivity index (χ1v) is 5.99. The molecule has 1 aromatic heterocycles. The van der Waals surface area contributed by atoms with E-state index in [0.717, 1.165) is 11.1 Å². The molecule has 0 bridgehead atoms. The monoisotopic (exact) mass is 261 g/mol. The van der Waals surface area contributed by atoms with Crippen molar-refractivity contribution in [3.05, 3.63) is 53.3 Å². The van der Waals surface area contributed by atoms with E-state index in [2.05, 4.69) is 4.98 Å². The molecule has 18 heavy (non-hydrogen) atoms. The molecule has 0 saturated heterocycles. The van der Waals surface area contributed by atoms with Gasteiger partial charge in [0.15, 0.2) is 0 Å². The Balaban J connectivity index is 2.55. The minimum absolute atomic E-state index is 0.162. The third kappa shape index (κ3) is 2.51. The maximum absolute atomic E-state index is 11.9. The molecule has 0 amide bonds. The van der Waals surface area contributed by atoms with Gasteiger partial charge in [-0.2, -0.15) is 0 Å². The number of hydrogen-bond donors (Lipinski definition) is 0. The van der Waals surface area contributed by atoms with Crippen LogP contribution < -0.4 is 0 Å². The third-order valence-corrected chi connectivity index (χ3v) is 2.76. The molecule has 1 heterocycles. The van der Waals surface area contributed by atoms with Crippen LogP contribution in [0.25, 0.3) is 11.1 Å². The van der Waals surface area contributed by atoms with Gasteiger partial charge in [-0.1, -0.05) is 41.9 Å². The molecule has 0 atom stereocenters. The summed E-state index contributed by atoms with van der Waals surface area (Å²) in [7, 11) is 0. The van der Waals surface area contributed by atoms with E-state index in [1.165, 1.54) is 0 Å². The number of ether oxygens (including phenoxy) is 1. The smallest absolute Gasteiger partial charge is 0.341 e. The molecule has 92 valence electrons. The Labute approximate surface area is 110 Å². The lowest BCUT2D eigenvalue weighted by molar-refractivity contribution is 0.0527. The molecule has 0 N–H and O–H groups in total. The van der Waals surface area contributed by atoms with Crippen molar-refractivity contribution < 1.29 is 9.53 Å². The van der Waals surface area contributed by atoms with E-state index < -0.39 is 5.97 Å². The number of benzene rings is 1. The molecule has 0 aliphatic heterocycles. The van der Waals surface area contributed by atoms with Gasteiger partial charge in [-0.25, -0.2) is 9.78 Å². The average Bonchev–Trinajstić information content (AvgIpc) is 2.39. The summed E-state index contributed by atoms with van der Waals surface area (Å²) in [6, 6.07) is 11.3. The molecule has 1 aromatic carbocycles. The molecule has 0 fully saturated rings. The van der Waals surface area contributed by atoms with Crippen molar-refractivity contribution >= 4 is 17.6 Å². The van der Waals surface area contributed by atoms with E-state index in [1.807, 2.05) is 30.3 Å². The van der Waals surface area contributed by atoms with Crippen LogP contribution in [-0.2, 0) is 4.74 Å². The van der Waals surface area contributed by atoms with E-state index in [4.69, 9.17) is 16.3 Å². The van der Waals surface area contributed by atoms with Crippen LogP contribution in [0.3, 0.4) is 0 Å². The van der Waals surface area contributed by atoms with E-state index in [0.29, 0.717) is 12.2 Å². The van der Waals surface area contributed by atoms with Gasteiger partial charge in [0, 0.05) is 11.8 Å². The van der Waals surface area contributed by atoms with Crippen molar-refractivity contribution in [1.29, 1.82) is 0 Å². The summed E-state index contributed by atoms with van der Waals surface area (Å²) in [6.07, 6.45) is 1.58. The second-order valence-electron chi connectivity index (χ2n) is 3.61.